The van der Waals surface area contributed by atoms with Crippen LogP contribution < -0.4 is 5.32 Å². The predicted octanol–water partition coefficient (Wildman–Crippen LogP) is 1.62. The minimum absolute atomic E-state index is 0.112. The molecule has 1 saturated carbocycles. The van der Waals surface area contributed by atoms with Crippen molar-refractivity contribution in [2.75, 3.05) is 25.5 Å². The number of carbonyl (C=O) groups is 1. The zero-order valence-electron chi connectivity index (χ0n) is 11.9. The number of hydrogen-bond acceptors (Lipinski definition) is 5. The molecule has 1 aromatic rings. The summed E-state index contributed by atoms with van der Waals surface area (Å²) in [6.45, 7) is 0.143. The maximum absolute atomic E-state index is 12.5. The number of nitrogens with one attached hydrogen (secondary N) is 1. The van der Waals surface area contributed by atoms with E-state index in [0.29, 0.717) is 5.69 Å². The lowest BCUT2D eigenvalue weighted by molar-refractivity contribution is -0.384. The molecule has 1 aromatic carbocycles. The zero-order chi connectivity index (χ0) is 15.4. The second kappa shape index (κ2) is 6.53. The van der Waals surface area contributed by atoms with E-state index in [-0.39, 0.29) is 36.4 Å². The van der Waals surface area contributed by atoms with Crippen LogP contribution in [0.5, 0.6) is 0 Å². The molecule has 0 spiro atoms. The molecule has 2 N–H and O–H groups in total. The number of rotatable bonds is 6. The second-order valence-electron chi connectivity index (χ2n) is 5.05. The molecular weight excluding hydrogens is 274 g/mol. The van der Waals surface area contributed by atoms with E-state index in [2.05, 4.69) is 5.32 Å². The quantitative estimate of drug-likeness (QED) is 0.614. The minimum atomic E-state index is -0.512. The van der Waals surface area contributed by atoms with Gasteiger partial charge in [-0.05, 0) is 31.4 Å². The Morgan fingerprint density at radius 1 is 1.52 bits per heavy atom. The Morgan fingerprint density at radius 3 is 2.71 bits per heavy atom. The van der Waals surface area contributed by atoms with Crippen LogP contribution in [-0.2, 0) is 0 Å². The van der Waals surface area contributed by atoms with Crippen molar-refractivity contribution in [1.82, 2.24) is 4.90 Å². The van der Waals surface area contributed by atoms with E-state index < -0.39 is 4.92 Å². The molecule has 1 fully saturated rings. The van der Waals surface area contributed by atoms with Crippen LogP contribution in [-0.4, -0.2) is 47.1 Å². The third-order valence-electron chi connectivity index (χ3n) is 3.83. The molecule has 0 bridgehead atoms. The molecule has 0 aromatic heterocycles. The molecule has 7 nitrogen and oxygen atoms in total. The van der Waals surface area contributed by atoms with Gasteiger partial charge in [0.2, 0.25) is 0 Å². The van der Waals surface area contributed by atoms with E-state index in [1.165, 1.54) is 12.1 Å². The third-order valence-corrected chi connectivity index (χ3v) is 3.83. The van der Waals surface area contributed by atoms with Crippen LogP contribution in [0.2, 0.25) is 0 Å². The van der Waals surface area contributed by atoms with Crippen LogP contribution in [0, 0.1) is 10.1 Å². The summed E-state index contributed by atoms with van der Waals surface area (Å²) in [6, 6.07) is 4.53. The largest absolute Gasteiger partial charge is 0.395 e. The van der Waals surface area contributed by atoms with Gasteiger partial charge < -0.3 is 15.3 Å². The van der Waals surface area contributed by atoms with Gasteiger partial charge in [0.25, 0.3) is 11.6 Å². The van der Waals surface area contributed by atoms with Crippen molar-refractivity contribution in [2.24, 2.45) is 0 Å². The van der Waals surface area contributed by atoms with Gasteiger partial charge in [0.05, 0.1) is 11.5 Å². The van der Waals surface area contributed by atoms with E-state index in [0.717, 1.165) is 19.3 Å². The number of hydrogen-bond donors (Lipinski definition) is 2. The molecule has 114 valence electrons. The van der Waals surface area contributed by atoms with Gasteiger partial charge in [-0.15, -0.1) is 0 Å². The minimum Gasteiger partial charge on any atom is -0.395 e. The first-order chi connectivity index (χ1) is 10.1. The van der Waals surface area contributed by atoms with Gasteiger partial charge in [-0.1, -0.05) is 0 Å². The van der Waals surface area contributed by atoms with Crippen molar-refractivity contribution in [2.45, 2.75) is 25.3 Å². The molecule has 7 heteroatoms. The summed E-state index contributed by atoms with van der Waals surface area (Å²) < 4.78 is 0. The predicted molar refractivity (Wildman–Crippen MR) is 78.4 cm³/mol. The van der Waals surface area contributed by atoms with Gasteiger partial charge in [0.1, 0.15) is 5.69 Å². The van der Waals surface area contributed by atoms with Crippen LogP contribution in [0.25, 0.3) is 0 Å². The molecule has 1 amide bonds. The molecular formula is C14H19N3O4. The number of aliphatic hydroxyl groups is 1. The Morgan fingerprint density at radius 2 is 2.24 bits per heavy atom. The average molecular weight is 293 g/mol. The molecule has 21 heavy (non-hydrogen) atoms. The number of nitro benzene ring substituents is 1. The zero-order valence-corrected chi connectivity index (χ0v) is 11.9. The first-order valence-electron chi connectivity index (χ1n) is 6.96. The van der Waals surface area contributed by atoms with E-state index >= 15 is 0 Å². The van der Waals surface area contributed by atoms with Gasteiger partial charge in [0, 0.05) is 31.3 Å². The fourth-order valence-corrected chi connectivity index (χ4v) is 2.45. The third kappa shape index (κ3) is 3.13. The first-order valence-corrected chi connectivity index (χ1v) is 6.96. The fraction of sp³-hybridized carbons (Fsp3) is 0.500. The Labute approximate surface area is 122 Å². The number of benzene rings is 1. The van der Waals surface area contributed by atoms with E-state index in [1.807, 2.05) is 0 Å². The molecule has 1 aliphatic carbocycles. The summed E-state index contributed by atoms with van der Waals surface area (Å²) in [5.74, 6) is -0.264. The molecule has 2 rings (SSSR count). The van der Waals surface area contributed by atoms with E-state index in [9.17, 15) is 14.9 Å². The maximum Gasteiger partial charge on any atom is 0.293 e. The lowest BCUT2D eigenvalue weighted by Gasteiger charge is -2.37. The van der Waals surface area contributed by atoms with Crippen molar-refractivity contribution in [3.8, 4) is 0 Å². The first kappa shape index (κ1) is 15.2. The fourth-order valence-electron chi connectivity index (χ4n) is 2.45. The van der Waals surface area contributed by atoms with Gasteiger partial charge in [0.15, 0.2) is 0 Å². The summed E-state index contributed by atoms with van der Waals surface area (Å²) in [6.07, 6.45) is 2.91. The van der Waals surface area contributed by atoms with Crippen LogP contribution >= 0.6 is 0 Å². The molecule has 0 heterocycles. The van der Waals surface area contributed by atoms with Crippen molar-refractivity contribution in [3.63, 3.8) is 0 Å². The van der Waals surface area contributed by atoms with E-state index in [4.69, 9.17) is 5.11 Å². The van der Waals surface area contributed by atoms with E-state index in [1.54, 1.807) is 18.0 Å². The van der Waals surface area contributed by atoms with Crippen molar-refractivity contribution < 1.29 is 14.8 Å². The number of nitrogens with zero attached hydrogens (tertiary/aromatic N) is 2. The summed E-state index contributed by atoms with van der Waals surface area (Å²) in [4.78, 5) is 24.7. The monoisotopic (exact) mass is 293 g/mol. The lowest BCUT2D eigenvalue weighted by Crippen LogP contribution is -2.45. The van der Waals surface area contributed by atoms with Crippen molar-refractivity contribution in [1.29, 1.82) is 0 Å². The standard InChI is InChI=1S/C14H19N3O4/c1-15-12-6-5-10(9-13(12)17(20)21)14(19)16(7-8-18)11-3-2-4-11/h5-6,9,11,15,18H,2-4,7-8H2,1H3. The second-order valence-corrected chi connectivity index (χ2v) is 5.05. The lowest BCUT2D eigenvalue weighted by atomic mass is 9.91. The Bertz CT molecular complexity index is 543. The molecule has 0 aliphatic heterocycles. The number of nitro groups is 1. The van der Waals surface area contributed by atoms with Crippen LogP contribution in [0.3, 0.4) is 0 Å². The summed E-state index contributed by atoms with van der Waals surface area (Å²) in [5.41, 5.74) is 0.524. The summed E-state index contributed by atoms with van der Waals surface area (Å²) in [5, 5.41) is 22.9. The number of aliphatic hydroxyl groups excluding tert-OH is 1. The normalized spacial score (nSPS) is 14.4. The summed E-state index contributed by atoms with van der Waals surface area (Å²) in [7, 11) is 1.59. The highest BCUT2D eigenvalue weighted by atomic mass is 16.6. The van der Waals surface area contributed by atoms with Crippen LogP contribution in [0.1, 0.15) is 29.6 Å². The highest BCUT2D eigenvalue weighted by molar-refractivity contribution is 5.96. The number of anilines is 1. The number of amides is 1. The molecule has 0 radical (unpaired) electrons. The topological polar surface area (TPSA) is 95.7 Å². The van der Waals surface area contributed by atoms with Crippen LogP contribution in [0.15, 0.2) is 18.2 Å². The molecule has 0 saturated heterocycles. The molecule has 0 unspecified atom stereocenters. The molecule has 1 aliphatic rings. The van der Waals surface area contributed by atoms with Crippen molar-refractivity contribution >= 4 is 17.3 Å². The summed E-state index contributed by atoms with van der Waals surface area (Å²) >= 11 is 0. The van der Waals surface area contributed by atoms with Gasteiger partial charge in [-0.25, -0.2) is 0 Å². The Balaban J connectivity index is 2.28. The van der Waals surface area contributed by atoms with Crippen LogP contribution in [0.4, 0.5) is 11.4 Å². The van der Waals surface area contributed by atoms with Crippen molar-refractivity contribution in [3.05, 3.63) is 33.9 Å². The maximum atomic E-state index is 12.5. The van der Waals surface area contributed by atoms with Gasteiger partial charge in [-0.2, -0.15) is 0 Å². The smallest absolute Gasteiger partial charge is 0.293 e. The average Bonchev–Trinajstić information content (AvgIpc) is 2.43. The highest BCUT2D eigenvalue weighted by Crippen LogP contribution is 2.29. The Kier molecular flexibility index (Phi) is 4.74. The number of carbonyl (C=O) groups excluding carboxylic acids is 1. The highest BCUT2D eigenvalue weighted by Gasteiger charge is 2.30. The van der Waals surface area contributed by atoms with Gasteiger partial charge in [-0.3, -0.25) is 14.9 Å². The van der Waals surface area contributed by atoms with Gasteiger partial charge >= 0.3 is 0 Å². The Hall–Kier alpha value is -2.15. The molecule has 0 atom stereocenters. The SMILES string of the molecule is CNc1ccc(C(=O)N(CCO)C2CCC2)cc1[N+](=O)[O-].